The van der Waals surface area contributed by atoms with E-state index in [2.05, 4.69) is 6.92 Å². The lowest BCUT2D eigenvalue weighted by molar-refractivity contribution is 0.368. The van der Waals surface area contributed by atoms with Crippen molar-refractivity contribution < 1.29 is 9.84 Å². The van der Waals surface area contributed by atoms with Crippen LogP contribution in [-0.2, 0) is 0 Å². The maximum Gasteiger partial charge on any atom is 0.162 e. The van der Waals surface area contributed by atoms with Gasteiger partial charge in [-0.25, -0.2) is 0 Å². The first-order chi connectivity index (χ1) is 6.70. The summed E-state index contributed by atoms with van der Waals surface area (Å²) in [6.45, 7) is 2.07. The molecule has 0 unspecified atom stereocenters. The number of phenolic OH excluding ortho intramolecular Hbond substituents is 1. The van der Waals surface area contributed by atoms with Crippen molar-refractivity contribution in [2.45, 2.75) is 25.8 Å². The lowest BCUT2D eigenvalue weighted by Gasteiger charge is -2.14. The minimum absolute atomic E-state index is 0. The van der Waals surface area contributed by atoms with Crippen LogP contribution in [0.25, 0.3) is 0 Å². The first-order valence-electron chi connectivity index (χ1n) is 4.82. The van der Waals surface area contributed by atoms with Crippen LogP contribution in [0.5, 0.6) is 11.5 Å². The first kappa shape index (κ1) is 14.1. The van der Waals surface area contributed by atoms with E-state index in [-0.39, 0.29) is 24.2 Å². The van der Waals surface area contributed by atoms with Crippen LogP contribution >= 0.6 is 12.4 Å². The second kappa shape index (κ2) is 6.53. The van der Waals surface area contributed by atoms with Gasteiger partial charge in [-0.05, 0) is 12.5 Å². The molecule has 1 aromatic rings. The van der Waals surface area contributed by atoms with Gasteiger partial charge in [0.05, 0.1) is 7.11 Å². The van der Waals surface area contributed by atoms with E-state index in [1.165, 1.54) is 7.11 Å². The monoisotopic (exact) mass is 231 g/mol. The molecule has 3 nitrogen and oxygen atoms in total. The van der Waals surface area contributed by atoms with E-state index >= 15 is 0 Å². The highest BCUT2D eigenvalue weighted by atomic mass is 35.5. The number of rotatable bonds is 4. The van der Waals surface area contributed by atoms with Gasteiger partial charge in [-0.1, -0.05) is 25.5 Å². The van der Waals surface area contributed by atoms with Gasteiger partial charge in [0.15, 0.2) is 11.5 Å². The molecule has 0 aliphatic carbocycles. The standard InChI is InChI=1S/C11H17NO2.ClH/c1-3-5-9(12)8-6-4-7-10(14-2)11(8)13;/h4,6-7,9,13H,3,5,12H2,1-2H3;1H/t9-;/m1./s1. The molecule has 0 aliphatic rings. The van der Waals surface area contributed by atoms with E-state index in [4.69, 9.17) is 10.5 Å². The van der Waals surface area contributed by atoms with Gasteiger partial charge in [0, 0.05) is 11.6 Å². The average molecular weight is 232 g/mol. The Balaban J connectivity index is 0.00000196. The Morgan fingerprint density at radius 2 is 2.13 bits per heavy atom. The van der Waals surface area contributed by atoms with Crippen molar-refractivity contribution in [3.63, 3.8) is 0 Å². The zero-order valence-corrected chi connectivity index (χ0v) is 9.88. The molecule has 3 N–H and O–H groups in total. The predicted molar refractivity (Wildman–Crippen MR) is 63.7 cm³/mol. The first-order valence-corrected chi connectivity index (χ1v) is 4.82. The molecule has 0 heterocycles. The molecule has 15 heavy (non-hydrogen) atoms. The highest BCUT2D eigenvalue weighted by molar-refractivity contribution is 5.85. The largest absolute Gasteiger partial charge is 0.504 e. The molecule has 86 valence electrons. The third-order valence-electron chi connectivity index (χ3n) is 2.25. The Labute approximate surface area is 96.7 Å². The number of phenols is 1. The lowest BCUT2D eigenvalue weighted by atomic mass is 10.0. The van der Waals surface area contributed by atoms with E-state index in [1.807, 2.05) is 12.1 Å². The molecule has 1 aromatic carbocycles. The van der Waals surface area contributed by atoms with Crippen molar-refractivity contribution in [2.24, 2.45) is 5.73 Å². The van der Waals surface area contributed by atoms with Crippen LogP contribution in [0.4, 0.5) is 0 Å². The summed E-state index contributed by atoms with van der Waals surface area (Å²) >= 11 is 0. The smallest absolute Gasteiger partial charge is 0.162 e. The lowest BCUT2D eigenvalue weighted by Crippen LogP contribution is -2.10. The molecule has 0 spiro atoms. The Morgan fingerprint density at radius 3 is 2.67 bits per heavy atom. The zero-order chi connectivity index (χ0) is 10.6. The molecule has 0 radical (unpaired) electrons. The predicted octanol–water partition coefficient (Wildman–Crippen LogP) is 2.62. The molecule has 0 aliphatic heterocycles. The molecule has 0 amide bonds. The van der Waals surface area contributed by atoms with Gasteiger partial charge in [-0.3, -0.25) is 0 Å². The molecule has 0 aromatic heterocycles. The quantitative estimate of drug-likeness (QED) is 0.838. The third kappa shape index (κ3) is 3.29. The van der Waals surface area contributed by atoms with Crippen molar-refractivity contribution >= 4 is 12.4 Å². The highest BCUT2D eigenvalue weighted by Gasteiger charge is 2.12. The summed E-state index contributed by atoms with van der Waals surface area (Å²) in [4.78, 5) is 0. The van der Waals surface area contributed by atoms with Gasteiger partial charge < -0.3 is 15.6 Å². The van der Waals surface area contributed by atoms with E-state index in [0.29, 0.717) is 5.75 Å². The summed E-state index contributed by atoms with van der Waals surface area (Å²) in [5, 5.41) is 9.78. The van der Waals surface area contributed by atoms with Gasteiger partial charge in [-0.2, -0.15) is 0 Å². The van der Waals surface area contributed by atoms with Crippen molar-refractivity contribution in [1.82, 2.24) is 0 Å². The second-order valence-electron chi connectivity index (χ2n) is 3.29. The number of para-hydroxylation sites is 1. The van der Waals surface area contributed by atoms with Crippen LogP contribution in [-0.4, -0.2) is 12.2 Å². The Morgan fingerprint density at radius 1 is 1.47 bits per heavy atom. The molecule has 0 fully saturated rings. The minimum atomic E-state index is -0.116. The maximum atomic E-state index is 9.78. The van der Waals surface area contributed by atoms with Crippen LogP contribution in [0.15, 0.2) is 18.2 Å². The molecule has 0 saturated heterocycles. The van der Waals surface area contributed by atoms with Crippen LogP contribution in [0.1, 0.15) is 31.4 Å². The summed E-state index contributed by atoms with van der Waals surface area (Å²) in [6.07, 6.45) is 1.86. The fraction of sp³-hybridized carbons (Fsp3) is 0.455. The Kier molecular flexibility index (Phi) is 6.13. The van der Waals surface area contributed by atoms with Crippen LogP contribution < -0.4 is 10.5 Å². The molecule has 4 heteroatoms. The van der Waals surface area contributed by atoms with Gasteiger partial charge >= 0.3 is 0 Å². The number of hydrogen-bond acceptors (Lipinski definition) is 3. The Bertz CT molecular complexity index is 305. The van der Waals surface area contributed by atoms with Crippen LogP contribution in [0.2, 0.25) is 0 Å². The van der Waals surface area contributed by atoms with Gasteiger partial charge in [0.2, 0.25) is 0 Å². The number of nitrogens with two attached hydrogens (primary N) is 1. The van der Waals surface area contributed by atoms with E-state index in [9.17, 15) is 5.11 Å². The average Bonchev–Trinajstić information content (AvgIpc) is 2.18. The van der Waals surface area contributed by atoms with Crippen molar-refractivity contribution in [3.05, 3.63) is 23.8 Å². The normalized spacial score (nSPS) is 11.7. The summed E-state index contributed by atoms with van der Waals surface area (Å²) in [6, 6.07) is 5.27. The molecule has 0 saturated carbocycles. The highest BCUT2D eigenvalue weighted by Crippen LogP contribution is 2.33. The summed E-state index contributed by atoms with van der Waals surface area (Å²) < 4.78 is 5.01. The van der Waals surface area contributed by atoms with Gasteiger partial charge in [0.1, 0.15) is 0 Å². The van der Waals surface area contributed by atoms with Crippen LogP contribution in [0.3, 0.4) is 0 Å². The third-order valence-corrected chi connectivity index (χ3v) is 2.25. The number of hydrogen-bond donors (Lipinski definition) is 2. The maximum absolute atomic E-state index is 9.78. The number of methoxy groups -OCH3 is 1. The van der Waals surface area contributed by atoms with Crippen molar-refractivity contribution in [1.29, 1.82) is 0 Å². The molecule has 1 atom stereocenters. The minimum Gasteiger partial charge on any atom is -0.504 e. The molecular formula is C11H18ClNO2. The molecule has 1 rings (SSSR count). The zero-order valence-electron chi connectivity index (χ0n) is 9.06. The summed E-state index contributed by atoms with van der Waals surface area (Å²) in [5.74, 6) is 0.644. The SMILES string of the molecule is CCC[C@@H](N)c1cccc(OC)c1O.Cl. The van der Waals surface area contributed by atoms with Crippen molar-refractivity contribution in [2.75, 3.05) is 7.11 Å². The summed E-state index contributed by atoms with van der Waals surface area (Å²) in [5.41, 5.74) is 6.67. The topological polar surface area (TPSA) is 55.5 Å². The number of benzene rings is 1. The van der Waals surface area contributed by atoms with E-state index < -0.39 is 0 Å². The van der Waals surface area contributed by atoms with Crippen molar-refractivity contribution in [3.8, 4) is 11.5 Å². The number of ether oxygens (including phenoxy) is 1. The Hall–Kier alpha value is -0.930. The fourth-order valence-electron chi connectivity index (χ4n) is 1.47. The molecular weight excluding hydrogens is 214 g/mol. The van der Waals surface area contributed by atoms with Crippen LogP contribution in [0, 0.1) is 0 Å². The number of halogens is 1. The fourth-order valence-corrected chi connectivity index (χ4v) is 1.47. The second-order valence-corrected chi connectivity index (χ2v) is 3.29. The number of aromatic hydroxyl groups is 1. The van der Waals surface area contributed by atoms with Gasteiger partial charge in [-0.15, -0.1) is 12.4 Å². The van der Waals surface area contributed by atoms with Gasteiger partial charge in [0.25, 0.3) is 0 Å². The van der Waals surface area contributed by atoms with E-state index in [0.717, 1.165) is 18.4 Å². The summed E-state index contributed by atoms with van der Waals surface area (Å²) in [7, 11) is 1.53. The van der Waals surface area contributed by atoms with E-state index in [1.54, 1.807) is 6.07 Å². The molecule has 0 bridgehead atoms.